The molecule has 19 heavy (non-hydrogen) atoms. The summed E-state index contributed by atoms with van der Waals surface area (Å²) in [5.41, 5.74) is 4.84. The Kier molecular flexibility index (Phi) is 4.78. The highest BCUT2D eigenvalue weighted by Gasteiger charge is 2.36. The third-order valence-corrected chi connectivity index (χ3v) is 4.45. The second-order valence-electron chi connectivity index (χ2n) is 5.77. The molecule has 6 nitrogen and oxygen atoms in total. The number of morpholine rings is 1. The molecule has 0 aromatic rings. The van der Waals surface area contributed by atoms with Crippen LogP contribution in [0.15, 0.2) is 0 Å². The van der Waals surface area contributed by atoms with E-state index in [0.717, 1.165) is 39.4 Å². The Morgan fingerprint density at radius 1 is 1.42 bits per heavy atom. The molecule has 0 bridgehead atoms. The molecule has 0 spiro atoms. The van der Waals surface area contributed by atoms with Crippen LogP contribution in [-0.4, -0.2) is 80.3 Å². The predicted octanol–water partition coefficient (Wildman–Crippen LogP) is -1.14. The van der Waals surface area contributed by atoms with Crippen LogP contribution in [0.2, 0.25) is 0 Å². The molecule has 3 N–H and O–H groups in total. The molecular formula is C13H26N4O2. The Labute approximate surface area is 115 Å². The molecule has 2 saturated heterocycles. The maximum absolute atomic E-state index is 11.5. The number of amides is 1. The van der Waals surface area contributed by atoms with Gasteiger partial charge in [-0.15, -0.1) is 0 Å². The van der Waals surface area contributed by atoms with Crippen LogP contribution in [0.4, 0.5) is 0 Å². The minimum Gasteiger partial charge on any atom is -0.379 e. The van der Waals surface area contributed by atoms with E-state index in [1.54, 1.807) is 7.05 Å². The summed E-state index contributed by atoms with van der Waals surface area (Å²) in [4.78, 5) is 16.4. The fourth-order valence-corrected chi connectivity index (χ4v) is 2.92. The lowest BCUT2D eigenvalue weighted by Gasteiger charge is -2.33. The Bertz CT molecular complexity index is 320. The van der Waals surface area contributed by atoms with Crippen molar-refractivity contribution in [2.75, 3.05) is 53.0 Å². The fraction of sp³-hybridized carbons (Fsp3) is 0.923. The van der Waals surface area contributed by atoms with Crippen LogP contribution in [0.3, 0.4) is 0 Å². The molecule has 0 aromatic carbocycles. The van der Waals surface area contributed by atoms with E-state index in [1.165, 1.54) is 6.42 Å². The van der Waals surface area contributed by atoms with Crippen LogP contribution in [-0.2, 0) is 9.53 Å². The van der Waals surface area contributed by atoms with Crippen molar-refractivity contribution in [1.29, 1.82) is 0 Å². The van der Waals surface area contributed by atoms with Gasteiger partial charge >= 0.3 is 0 Å². The van der Waals surface area contributed by atoms with Gasteiger partial charge in [-0.2, -0.15) is 0 Å². The average molecular weight is 270 g/mol. The SMILES string of the molecule is CNC(C)(CN1CCC(N2CCOCC2)C1)C(N)=O. The molecule has 6 heteroatoms. The molecule has 2 aliphatic rings. The number of nitrogens with one attached hydrogen (secondary N) is 1. The minimum atomic E-state index is -0.639. The first-order chi connectivity index (χ1) is 9.05. The molecule has 2 aliphatic heterocycles. The monoisotopic (exact) mass is 270 g/mol. The van der Waals surface area contributed by atoms with Crippen molar-refractivity contribution in [2.45, 2.75) is 24.9 Å². The Morgan fingerprint density at radius 2 is 2.11 bits per heavy atom. The van der Waals surface area contributed by atoms with Crippen LogP contribution >= 0.6 is 0 Å². The number of likely N-dealkylation sites (tertiary alicyclic amines) is 1. The van der Waals surface area contributed by atoms with Crippen LogP contribution in [0, 0.1) is 0 Å². The molecule has 0 aliphatic carbocycles. The average Bonchev–Trinajstić information content (AvgIpc) is 2.87. The van der Waals surface area contributed by atoms with Crippen LogP contribution in [0.1, 0.15) is 13.3 Å². The summed E-state index contributed by atoms with van der Waals surface area (Å²) in [6, 6.07) is 0.595. The zero-order chi connectivity index (χ0) is 13.9. The number of nitrogens with two attached hydrogens (primary N) is 1. The first-order valence-corrected chi connectivity index (χ1v) is 7.08. The minimum absolute atomic E-state index is 0.287. The van der Waals surface area contributed by atoms with Crippen molar-refractivity contribution >= 4 is 5.91 Å². The second kappa shape index (κ2) is 6.17. The number of nitrogens with zero attached hydrogens (tertiary/aromatic N) is 2. The van der Waals surface area contributed by atoms with Crippen LogP contribution in [0.5, 0.6) is 0 Å². The summed E-state index contributed by atoms with van der Waals surface area (Å²) < 4.78 is 5.39. The molecule has 2 unspecified atom stereocenters. The molecule has 1 amide bonds. The van der Waals surface area contributed by atoms with Crippen LogP contribution in [0.25, 0.3) is 0 Å². The van der Waals surface area contributed by atoms with Gasteiger partial charge in [0.15, 0.2) is 0 Å². The van der Waals surface area contributed by atoms with Gasteiger partial charge in [-0.1, -0.05) is 0 Å². The standard InChI is InChI=1S/C13H26N4O2/c1-13(15-2,12(14)18)10-16-4-3-11(9-16)17-5-7-19-8-6-17/h11,15H,3-10H2,1-2H3,(H2,14,18). The van der Waals surface area contributed by atoms with E-state index in [-0.39, 0.29) is 5.91 Å². The Morgan fingerprint density at radius 3 is 2.68 bits per heavy atom. The topological polar surface area (TPSA) is 70.8 Å². The summed E-state index contributed by atoms with van der Waals surface area (Å²) >= 11 is 0. The maximum atomic E-state index is 11.5. The number of carbonyl (C=O) groups excluding carboxylic acids is 1. The first-order valence-electron chi connectivity index (χ1n) is 7.08. The van der Waals surface area contributed by atoms with E-state index in [9.17, 15) is 4.79 Å². The summed E-state index contributed by atoms with van der Waals surface area (Å²) in [5.74, 6) is -0.287. The highest BCUT2D eigenvalue weighted by molar-refractivity contribution is 5.84. The summed E-state index contributed by atoms with van der Waals surface area (Å²) in [5, 5.41) is 3.05. The van der Waals surface area contributed by atoms with E-state index >= 15 is 0 Å². The van der Waals surface area contributed by atoms with Gasteiger partial charge < -0.3 is 15.8 Å². The van der Waals surface area contributed by atoms with E-state index in [2.05, 4.69) is 15.1 Å². The van der Waals surface area contributed by atoms with E-state index in [1.807, 2.05) is 6.92 Å². The molecule has 2 heterocycles. The third-order valence-electron chi connectivity index (χ3n) is 4.45. The van der Waals surface area contributed by atoms with Gasteiger partial charge in [0.2, 0.25) is 5.91 Å². The Balaban J connectivity index is 1.86. The van der Waals surface area contributed by atoms with Gasteiger partial charge in [-0.25, -0.2) is 0 Å². The second-order valence-corrected chi connectivity index (χ2v) is 5.77. The number of likely N-dealkylation sites (N-methyl/N-ethyl adjacent to an activating group) is 1. The van der Waals surface area contributed by atoms with E-state index in [0.29, 0.717) is 12.6 Å². The number of ether oxygens (including phenoxy) is 1. The number of hydrogen-bond acceptors (Lipinski definition) is 5. The van der Waals surface area contributed by atoms with Crippen molar-refractivity contribution in [3.63, 3.8) is 0 Å². The Hall–Kier alpha value is -0.690. The number of rotatable bonds is 5. The molecule has 0 saturated carbocycles. The van der Waals surface area contributed by atoms with Crippen molar-refractivity contribution in [3.05, 3.63) is 0 Å². The largest absolute Gasteiger partial charge is 0.379 e. The van der Waals surface area contributed by atoms with E-state index < -0.39 is 5.54 Å². The van der Waals surface area contributed by atoms with Gasteiger partial charge in [0.05, 0.1) is 13.2 Å². The van der Waals surface area contributed by atoms with Crippen LogP contribution < -0.4 is 11.1 Å². The van der Waals surface area contributed by atoms with Crippen molar-refractivity contribution in [1.82, 2.24) is 15.1 Å². The van der Waals surface area contributed by atoms with Gasteiger partial charge in [-0.3, -0.25) is 14.6 Å². The number of carbonyl (C=O) groups is 1. The lowest BCUT2D eigenvalue weighted by molar-refractivity contribution is -0.124. The molecule has 2 atom stereocenters. The number of primary amides is 1. The quantitative estimate of drug-likeness (QED) is 0.660. The highest BCUT2D eigenvalue weighted by Crippen LogP contribution is 2.19. The van der Waals surface area contributed by atoms with Crippen molar-refractivity contribution in [2.24, 2.45) is 5.73 Å². The number of hydrogen-bond donors (Lipinski definition) is 2. The molecule has 2 rings (SSSR count). The normalized spacial score (nSPS) is 29.3. The van der Waals surface area contributed by atoms with Crippen molar-refractivity contribution < 1.29 is 9.53 Å². The van der Waals surface area contributed by atoms with Gasteiger partial charge in [0.1, 0.15) is 5.54 Å². The highest BCUT2D eigenvalue weighted by atomic mass is 16.5. The lowest BCUT2D eigenvalue weighted by atomic mass is 10.0. The zero-order valence-corrected chi connectivity index (χ0v) is 12.0. The summed E-state index contributed by atoms with van der Waals surface area (Å²) in [6.07, 6.45) is 1.17. The third kappa shape index (κ3) is 3.45. The van der Waals surface area contributed by atoms with Gasteiger partial charge in [-0.05, 0) is 26.9 Å². The molecule has 0 radical (unpaired) electrons. The fourth-order valence-electron chi connectivity index (χ4n) is 2.92. The lowest BCUT2D eigenvalue weighted by Crippen LogP contribution is -2.58. The van der Waals surface area contributed by atoms with Crippen molar-refractivity contribution in [3.8, 4) is 0 Å². The predicted molar refractivity (Wildman–Crippen MR) is 73.9 cm³/mol. The molecule has 0 aromatic heterocycles. The summed E-state index contributed by atoms with van der Waals surface area (Å²) in [6.45, 7) is 8.33. The maximum Gasteiger partial charge on any atom is 0.238 e. The summed E-state index contributed by atoms with van der Waals surface area (Å²) in [7, 11) is 1.79. The molecule has 110 valence electrons. The smallest absolute Gasteiger partial charge is 0.238 e. The molecule has 2 fully saturated rings. The zero-order valence-electron chi connectivity index (χ0n) is 12.0. The molecular weight excluding hydrogens is 244 g/mol. The van der Waals surface area contributed by atoms with Gasteiger partial charge in [0.25, 0.3) is 0 Å². The first kappa shape index (κ1) is 14.7. The van der Waals surface area contributed by atoms with E-state index in [4.69, 9.17) is 10.5 Å². The van der Waals surface area contributed by atoms with Gasteiger partial charge in [0, 0.05) is 32.2 Å².